The number of esters is 1. The number of ether oxygens (including phenoxy) is 1. The van der Waals surface area contributed by atoms with E-state index in [1.54, 1.807) is 24.3 Å². The number of carbonyl (C=O) groups is 1. The molecule has 0 amide bonds. The Bertz CT molecular complexity index is 416. The molecule has 0 radical (unpaired) electrons. The van der Waals surface area contributed by atoms with Crippen LogP contribution in [0.5, 0.6) is 0 Å². The molecule has 4 N–H and O–H groups in total. The fraction of sp³-hybridized carbons (Fsp3) is 0.300. The van der Waals surface area contributed by atoms with Crippen molar-refractivity contribution in [2.45, 2.75) is 12.3 Å². The van der Waals surface area contributed by atoms with Gasteiger partial charge in [0.1, 0.15) is 6.61 Å². The van der Waals surface area contributed by atoms with Crippen molar-refractivity contribution >= 4 is 13.6 Å². The van der Waals surface area contributed by atoms with Crippen LogP contribution in [0.15, 0.2) is 30.3 Å². The molecule has 94 valence electrons. The molecule has 0 aliphatic rings. The third kappa shape index (κ3) is 4.28. The van der Waals surface area contributed by atoms with Crippen LogP contribution in [-0.4, -0.2) is 28.0 Å². The van der Waals surface area contributed by atoms with Gasteiger partial charge < -0.3 is 20.3 Å². The number of hydrogen-bond acceptors (Lipinski definition) is 4. The lowest BCUT2D eigenvalue weighted by molar-refractivity contribution is -0.144. The molecular weight excluding hydrogens is 245 g/mol. The number of benzene rings is 1. The molecule has 17 heavy (non-hydrogen) atoms. The summed E-state index contributed by atoms with van der Waals surface area (Å²) >= 11 is 0. The normalized spacial score (nSPS) is 13.1. The third-order valence-corrected chi connectivity index (χ3v) is 3.36. The molecule has 0 aliphatic carbocycles. The summed E-state index contributed by atoms with van der Waals surface area (Å²) in [5.41, 5.74) is 4.28. The Labute approximate surface area is 98.6 Å². The van der Waals surface area contributed by atoms with Gasteiger partial charge in [0, 0.05) is 6.54 Å². The van der Waals surface area contributed by atoms with Gasteiger partial charge in [0.15, 0.2) is 5.66 Å². The smallest absolute Gasteiger partial charge is 0.341 e. The molecule has 6 nitrogen and oxygen atoms in total. The molecule has 0 spiro atoms. The van der Waals surface area contributed by atoms with Crippen LogP contribution in [0.3, 0.4) is 0 Å². The highest BCUT2D eigenvalue weighted by atomic mass is 31.2. The van der Waals surface area contributed by atoms with E-state index in [1.807, 2.05) is 6.07 Å². The summed E-state index contributed by atoms with van der Waals surface area (Å²) < 4.78 is 15.7. The van der Waals surface area contributed by atoms with E-state index in [-0.39, 0.29) is 6.61 Å². The van der Waals surface area contributed by atoms with Gasteiger partial charge in [-0.1, -0.05) is 30.3 Å². The monoisotopic (exact) mass is 259 g/mol. The Kier molecular flexibility index (Phi) is 4.84. The Balaban J connectivity index is 2.58. The minimum atomic E-state index is -4.55. The van der Waals surface area contributed by atoms with Crippen molar-refractivity contribution < 1.29 is 23.9 Å². The molecule has 1 atom stereocenters. The number of carbonyl (C=O) groups excluding carboxylic acids is 1. The van der Waals surface area contributed by atoms with Gasteiger partial charge in [-0.15, -0.1) is 0 Å². The predicted octanol–water partition coefficient (Wildman–Crippen LogP) is 0.235. The lowest BCUT2D eigenvalue weighted by atomic mass is 10.2. The molecule has 0 aliphatic heterocycles. The van der Waals surface area contributed by atoms with Crippen molar-refractivity contribution in [2.75, 3.05) is 6.54 Å². The summed E-state index contributed by atoms with van der Waals surface area (Å²) in [7, 11) is -4.55. The summed E-state index contributed by atoms with van der Waals surface area (Å²) in [6.45, 7) is -0.478. The summed E-state index contributed by atoms with van der Waals surface area (Å²) in [4.78, 5) is 29.2. The van der Waals surface area contributed by atoms with E-state index in [0.717, 1.165) is 5.56 Å². The molecule has 0 saturated carbocycles. The first-order chi connectivity index (χ1) is 7.95. The fourth-order valence-corrected chi connectivity index (χ4v) is 1.82. The largest absolute Gasteiger partial charge is 0.460 e. The predicted molar refractivity (Wildman–Crippen MR) is 61.1 cm³/mol. The summed E-state index contributed by atoms with van der Waals surface area (Å²) in [5.74, 6) is -0.982. The molecule has 1 aromatic carbocycles. The lowest BCUT2D eigenvalue weighted by Gasteiger charge is -2.15. The van der Waals surface area contributed by atoms with Crippen molar-refractivity contribution in [1.82, 2.24) is 0 Å². The SMILES string of the molecule is NCC(C(=O)OCc1ccccc1)P(=O)(O)O. The van der Waals surface area contributed by atoms with Gasteiger partial charge >= 0.3 is 13.6 Å². The molecule has 1 unspecified atom stereocenters. The molecule has 0 aromatic heterocycles. The van der Waals surface area contributed by atoms with Crippen LogP contribution in [0.4, 0.5) is 0 Å². The molecule has 1 rings (SSSR count). The molecule has 1 aromatic rings. The maximum Gasteiger partial charge on any atom is 0.341 e. The molecule has 0 heterocycles. The Hall–Kier alpha value is -1.20. The molecule has 7 heteroatoms. The first kappa shape index (κ1) is 13.9. The van der Waals surface area contributed by atoms with Crippen LogP contribution in [0.2, 0.25) is 0 Å². The lowest BCUT2D eigenvalue weighted by Crippen LogP contribution is -2.31. The average molecular weight is 259 g/mol. The molecule has 0 bridgehead atoms. The highest BCUT2D eigenvalue weighted by Gasteiger charge is 2.35. The van der Waals surface area contributed by atoms with Crippen molar-refractivity contribution in [1.29, 1.82) is 0 Å². The second-order valence-corrected chi connectivity index (χ2v) is 5.24. The van der Waals surface area contributed by atoms with E-state index in [4.69, 9.17) is 20.3 Å². The highest BCUT2D eigenvalue weighted by Crippen LogP contribution is 2.41. The van der Waals surface area contributed by atoms with Gasteiger partial charge in [0.05, 0.1) is 0 Å². The van der Waals surface area contributed by atoms with Crippen LogP contribution < -0.4 is 5.73 Å². The number of rotatable bonds is 5. The summed E-state index contributed by atoms with van der Waals surface area (Å²) in [6, 6.07) is 8.83. The van der Waals surface area contributed by atoms with Crippen LogP contribution in [0.1, 0.15) is 5.56 Å². The second-order valence-electron chi connectivity index (χ2n) is 3.43. The van der Waals surface area contributed by atoms with E-state index in [1.165, 1.54) is 0 Å². The van der Waals surface area contributed by atoms with Crippen molar-refractivity contribution in [3.05, 3.63) is 35.9 Å². The van der Waals surface area contributed by atoms with Crippen LogP contribution >= 0.6 is 7.60 Å². The molecule has 0 saturated heterocycles. The zero-order valence-corrected chi connectivity index (χ0v) is 9.92. The van der Waals surface area contributed by atoms with E-state index in [0.29, 0.717) is 0 Å². The Morgan fingerprint density at radius 3 is 2.41 bits per heavy atom. The highest BCUT2D eigenvalue weighted by molar-refractivity contribution is 7.53. The Morgan fingerprint density at radius 2 is 1.94 bits per heavy atom. The van der Waals surface area contributed by atoms with Crippen molar-refractivity contribution in [3.63, 3.8) is 0 Å². The van der Waals surface area contributed by atoms with E-state index in [2.05, 4.69) is 0 Å². The second kappa shape index (κ2) is 5.93. The minimum absolute atomic E-state index is 0.0316. The van der Waals surface area contributed by atoms with Gasteiger partial charge in [-0.3, -0.25) is 9.36 Å². The van der Waals surface area contributed by atoms with Gasteiger partial charge in [-0.2, -0.15) is 0 Å². The summed E-state index contributed by atoms with van der Waals surface area (Å²) in [6.07, 6.45) is 0. The molecule has 0 fully saturated rings. The van der Waals surface area contributed by atoms with E-state index in [9.17, 15) is 9.36 Å². The van der Waals surface area contributed by atoms with Crippen LogP contribution in [0, 0.1) is 0 Å². The topological polar surface area (TPSA) is 110 Å². The van der Waals surface area contributed by atoms with Gasteiger partial charge in [0.2, 0.25) is 0 Å². The van der Waals surface area contributed by atoms with Crippen molar-refractivity contribution in [3.8, 4) is 0 Å². The minimum Gasteiger partial charge on any atom is -0.460 e. The number of hydrogen-bond donors (Lipinski definition) is 3. The third-order valence-electron chi connectivity index (χ3n) is 2.13. The number of nitrogens with two attached hydrogens (primary N) is 1. The van der Waals surface area contributed by atoms with Gasteiger partial charge in [-0.05, 0) is 5.56 Å². The first-order valence-corrected chi connectivity index (χ1v) is 6.59. The quantitative estimate of drug-likeness (QED) is 0.516. The Morgan fingerprint density at radius 1 is 1.35 bits per heavy atom. The summed E-state index contributed by atoms with van der Waals surface area (Å²) in [5, 5.41) is 0. The van der Waals surface area contributed by atoms with Gasteiger partial charge in [0.25, 0.3) is 0 Å². The van der Waals surface area contributed by atoms with E-state index < -0.39 is 25.8 Å². The van der Waals surface area contributed by atoms with Crippen molar-refractivity contribution in [2.24, 2.45) is 5.73 Å². The van der Waals surface area contributed by atoms with Gasteiger partial charge in [-0.25, -0.2) is 0 Å². The zero-order chi connectivity index (χ0) is 12.9. The van der Waals surface area contributed by atoms with Crippen LogP contribution in [0.25, 0.3) is 0 Å². The zero-order valence-electron chi connectivity index (χ0n) is 9.02. The maximum absolute atomic E-state index is 11.4. The fourth-order valence-electron chi connectivity index (χ4n) is 1.20. The molecular formula is C10H14NO5P. The average Bonchev–Trinajstić information content (AvgIpc) is 2.27. The van der Waals surface area contributed by atoms with Crippen LogP contribution in [-0.2, 0) is 20.7 Å². The maximum atomic E-state index is 11.4. The first-order valence-electron chi connectivity index (χ1n) is 4.91. The van der Waals surface area contributed by atoms with E-state index >= 15 is 0 Å². The standard InChI is InChI=1S/C10H14NO5P/c11-6-9(17(13,14)15)10(12)16-7-8-4-2-1-3-5-8/h1-5,9H,6-7,11H2,(H2,13,14,15).